The maximum atomic E-state index is 14.4. The smallest absolute Gasteiger partial charge is 0.248 e. The lowest BCUT2D eigenvalue weighted by molar-refractivity contribution is -0.138. The molecule has 4 aliphatic rings. The molecule has 4 fully saturated rings. The largest absolute Gasteiger partial charge is 0.328 e. The topological polar surface area (TPSA) is 383 Å². The summed E-state index contributed by atoms with van der Waals surface area (Å²) in [4.78, 5) is 166. The van der Waals surface area contributed by atoms with Crippen LogP contribution in [0.25, 0.3) is 66.1 Å². The highest BCUT2D eigenvalue weighted by Crippen LogP contribution is 2.39. The Balaban J connectivity index is 0.000000144. The Morgan fingerprint density at radius 2 is 0.836 bits per heavy atom. The Labute approximate surface area is 680 Å². The van der Waals surface area contributed by atoms with Gasteiger partial charge in [-0.05, 0) is 118 Å². The van der Waals surface area contributed by atoms with Gasteiger partial charge in [0.25, 0.3) is 0 Å². The lowest BCUT2D eigenvalue weighted by Crippen LogP contribution is -2.44. The molecule has 6 atom stereocenters. The van der Waals surface area contributed by atoms with Crippen molar-refractivity contribution in [2.75, 3.05) is 30.3 Å². The average Bonchev–Trinajstić information content (AvgIpc) is 1.63. The summed E-state index contributed by atoms with van der Waals surface area (Å²) in [5, 5.41) is 22.7. The molecule has 0 spiro atoms. The zero-order valence-corrected chi connectivity index (χ0v) is 67.2. The number of fused-ring (bicyclic) bond motifs is 3. The molecule has 12 heterocycles. The predicted molar refractivity (Wildman–Crippen MR) is 426 cm³/mol. The molecule has 0 unspecified atom stereocenters. The Morgan fingerprint density at radius 1 is 0.474 bits per heavy atom. The van der Waals surface area contributed by atoms with Crippen LogP contribution in [0.4, 0.5) is 24.8 Å². The molecule has 116 heavy (non-hydrogen) atoms. The van der Waals surface area contributed by atoms with E-state index in [-0.39, 0.29) is 117 Å². The number of anilines is 2. The van der Waals surface area contributed by atoms with Crippen LogP contribution >= 0.6 is 43.2 Å². The van der Waals surface area contributed by atoms with Crippen LogP contribution in [-0.4, -0.2) is 208 Å². The van der Waals surface area contributed by atoms with Crippen LogP contribution in [-0.2, 0) is 61.2 Å². The van der Waals surface area contributed by atoms with Gasteiger partial charge in [0.2, 0.25) is 29.5 Å². The highest BCUT2D eigenvalue weighted by Gasteiger charge is 2.43. The average molecular weight is 1720 g/mol. The number of carbonyl (C=O) groups excluding carboxylic acids is 9. The van der Waals surface area contributed by atoms with Crippen molar-refractivity contribution >= 4 is 140 Å². The summed E-state index contributed by atoms with van der Waals surface area (Å²) in [6.07, 6.45) is 14.7. The van der Waals surface area contributed by atoms with Gasteiger partial charge in [0.15, 0.2) is 34.8 Å². The lowest BCUT2D eigenvalue weighted by atomic mass is 10.0. The predicted octanol–water partition coefficient (Wildman–Crippen LogP) is 10.6. The minimum Gasteiger partial charge on any atom is -0.328 e. The molecule has 5 amide bonds. The molecule has 594 valence electrons. The van der Waals surface area contributed by atoms with Gasteiger partial charge in [-0.2, -0.15) is 15.3 Å². The van der Waals surface area contributed by atoms with Crippen molar-refractivity contribution in [2.24, 2.45) is 0 Å². The van der Waals surface area contributed by atoms with E-state index in [9.17, 15) is 56.3 Å². The molecule has 1 saturated carbocycles. The first-order valence-electron chi connectivity index (χ1n) is 37.0. The van der Waals surface area contributed by atoms with E-state index >= 15 is 0 Å². The van der Waals surface area contributed by atoms with E-state index in [1.807, 2.05) is 42.6 Å². The molecule has 0 bridgehead atoms. The fourth-order valence-corrected chi connectivity index (χ4v) is 15.6. The monoisotopic (exact) mass is 1720 g/mol. The third kappa shape index (κ3) is 18.2. The van der Waals surface area contributed by atoms with Crippen LogP contribution in [0.5, 0.6) is 0 Å². The van der Waals surface area contributed by atoms with Crippen LogP contribution in [0.3, 0.4) is 0 Å². The van der Waals surface area contributed by atoms with Crippen LogP contribution in [0.2, 0.25) is 0 Å². The molecular weight excluding hydrogens is 1650 g/mol. The summed E-state index contributed by atoms with van der Waals surface area (Å²) in [5.41, 5.74) is 8.05. The van der Waals surface area contributed by atoms with Crippen molar-refractivity contribution in [2.45, 2.75) is 149 Å². The zero-order chi connectivity index (χ0) is 81.9. The maximum absolute atomic E-state index is 14.4. The first-order chi connectivity index (χ1) is 55.7. The molecule has 2 N–H and O–H groups in total. The molecule has 3 aliphatic heterocycles. The third-order valence-corrected chi connectivity index (χ3v) is 21.6. The van der Waals surface area contributed by atoms with E-state index in [1.54, 1.807) is 75.3 Å². The van der Waals surface area contributed by atoms with Crippen LogP contribution in [0.15, 0.2) is 131 Å². The number of hydrogen-bond acceptors (Lipinski definition) is 24. The van der Waals surface area contributed by atoms with E-state index in [0.717, 1.165) is 64.2 Å². The minimum absolute atomic E-state index is 0.0306. The number of aryl methyl sites for hydroxylation is 3. The molecule has 9 aromatic heterocycles. The number of ketones is 4. The van der Waals surface area contributed by atoms with Crippen LogP contribution in [0.1, 0.15) is 125 Å². The van der Waals surface area contributed by atoms with Crippen molar-refractivity contribution < 1.29 is 56.3 Å². The van der Waals surface area contributed by atoms with Gasteiger partial charge in [0, 0.05) is 121 Å². The number of thiazole rings is 1. The number of likely N-dealkylation sites (tertiary alicyclic amines) is 3. The maximum Gasteiger partial charge on any atom is 0.248 e. The number of amides is 5. The number of rotatable bonds is 21. The molecule has 3 saturated heterocycles. The van der Waals surface area contributed by atoms with E-state index in [2.05, 4.69) is 113 Å². The van der Waals surface area contributed by atoms with Gasteiger partial charge < -0.3 is 25.3 Å². The van der Waals surface area contributed by atoms with Gasteiger partial charge >= 0.3 is 0 Å². The van der Waals surface area contributed by atoms with Crippen molar-refractivity contribution in [1.82, 2.24) is 98.9 Å². The zero-order valence-electron chi connectivity index (χ0n) is 63.2. The summed E-state index contributed by atoms with van der Waals surface area (Å²) < 4.78 is 48.4. The van der Waals surface area contributed by atoms with Gasteiger partial charge in [0.05, 0.1) is 79.1 Å². The molecule has 3 aromatic carbocycles. The second kappa shape index (κ2) is 34.5. The molecular formula is C79H73Br2F3N22O9S. The minimum atomic E-state index is -1.36. The number of alkyl halides is 3. The van der Waals surface area contributed by atoms with Gasteiger partial charge in [-0.1, -0.05) is 25.1 Å². The first-order valence-corrected chi connectivity index (χ1v) is 39.4. The Morgan fingerprint density at radius 3 is 1.18 bits per heavy atom. The van der Waals surface area contributed by atoms with Crippen molar-refractivity contribution in [3.05, 3.63) is 176 Å². The fraction of sp³-hybridized carbons (Fsp3) is 0.329. The number of benzene rings is 3. The van der Waals surface area contributed by atoms with E-state index in [4.69, 9.17) is 0 Å². The summed E-state index contributed by atoms with van der Waals surface area (Å²) in [6, 6.07) is 13.4. The fourth-order valence-electron chi connectivity index (χ4n) is 14.1. The number of carbonyl (C=O) groups is 9. The highest BCUT2D eigenvalue weighted by molar-refractivity contribution is 9.10. The third-order valence-electron chi connectivity index (χ3n) is 20.0. The van der Waals surface area contributed by atoms with Gasteiger partial charge in [-0.25, -0.2) is 58.0 Å². The first kappa shape index (κ1) is 80.5. The Hall–Kier alpha value is -12.1. The number of nitrogens with one attached hydrogen (secondary N) is 2. The second-order valence-corrected chi connectivity index (χ2v) is 30.9. The van der Waals surface area contributed by atoms with E-state index < -0.39 is 66.2 Å². The van der Waals surface area contributed by atoms with E-state index in [1.165, 1.54) is 85.6 Å². The normalized spacial score (nSPS) is 17.7. The SMILES string of the molecule is CC(=O)c1nn(CC(=O)N2C[C@H](F)C[C@H]2C(=O)Nc2cncc(Br)n2)c2ccc(-c3cnc(C)nc3)cc12.CC(=O)c1nn(CC(=O)N2C[C@H](F)C[C@H]2C(=O)Nc2cncc(Br)n2)c2ccc(-c3cnc(C4CC4)nc3)cc12.CCc1csc(CC(=O)[C@@H]2C[C@@H](F)CN2C(=O)Cn2nc(C(C)=O)c3cc(-c4cnc(C)nc4)ccc32)n1. The van der Waals surface area contributed by atoms with Crippen LogP contribution in [0, 0.1) is 13.8 Å². The lowest BCUT2D eigenvalue weighted by Gasteiger charge is -2.23. The van der Waals surface area contributed by atoms with Crippen molar-refractivity contribution in [3.63, 3.8) is 0 Å². The van der Waals surface area contributed by atoms with Crippen molar-refractivity contribution in [3.8, 4) is 33.4 Å². The van der Waals surface area contributed by atoms with Gasteiger partial charge in [-0.15, -0.1) is 11.3 Å². The van der Waals surface area contributed by atoms with E-state index in [0.29, 0.717) is 64.5 Å². The standard InChI is InChI=1S/C27H24BrFN8O3.C27H27FN6O3S.C25H22BrFN8O3/c1-14(38)25-19-6-16(17-8-31-26(32-9-17)15-2-3-15)4-5-20(19)37(35-25)13-24(39)36-12-18(29)7-21(36)27(40)34-23-11-30-10-22(28)33-23;1-4-20-14-38-25(31-20)9-24(36)23-8-19(28)12-33(23)26(37)13-34-22-6-5-17(18-10-29-16(3)30-11-18)7-21(22)27(32-34)15(2)35;1-13(36)24-18-5-15(16-7-29-14(2)30-8-16)3-4-19(18)35(33-24)12-23(37)34-11-17(27)6-20(34)25(38)32-22-10-28-9-21(26)31-22/h4-6,8-11,15,18,21H,2-3,7,12-13H2,1H3,(H,33,34,40);5-7,10-11,14,19,23H,4,8-9,12-13H2,1-3H3;3-5,7-10,17,20H,6,11-12H2,1-2H3,(H,31,32,38)/t18-,21+;19-,23+;17-,20+/m111/s1. The van der Waals surface area contributed by atoms with Crippen LogP contribution < -0.4 is 10.6 Å². The Bertz CT molecular complexity index is 5850. The second-order valence-electron chi connectivity index (χ2n) is 28.4. The quantitative estimate of drug-likeness (QED) is 0.0631. The number of Topliss-reactive ketones (excluding diaryl/α,β-unsaturated/α-hetero) is 4. The van der Waals surface area contributed by atoms with Crippen molar-refractivity contribution in [1.29, 1.82) is 0 Å². The molecule has 0 radical (unpaired) electrons. The molecule has 37 heteroatoms. The number of aromatic nitrogens is 17. The summed E-state index contributed by atoms with van der Waals surface area (Å²) in [5.74, 6) is -0.600. The van der Waals surface area contributed by atoms with Gasteiger partial charge in [0.1, 0.15) is 99.0 Å². The number of nitrogens with zero attached hydrogens (tertiary/aromatic N) is 20. The molecule has 12 aromatic rings. The molecule has 31 nitrogen and oxygen atoms in total. The summed E-state index contributed by atoms with van der Waals surface area (Å²) in [7, 11) is 0. The Kier molecular flexibility index (Phi) is 24.0. The summed E-state index contributed by atoms with van der Waals surface area (Å²) >= 11 is 7.77. The highest BCUT2D eigenvalue weighted by atomic mass is 79.9. The van der Waals surface area contributed by atoms with Gasteiger partial charge in [-0.3, -0.25) is 67.2 Å². The molecule has 16 rings (SSSR count). The number of hydrogen-bond donors (Lipinski definition) is 2. The molecule has 1 aliphatic carbocycles. The summed E-state index contributed by atoms with van der Waals surface area (Å²) in [6.45, 7) is 8.44. The number of halogens is 5.